The minimum absolute atomic E-state index is 0.175. The molecule has 5 rings (SSSR count). The molecule has 0 aromatic rings. The van der Waals surface area contributed by atoms with E-state index in [1.807, 2.05) is 0 Å². The molecule has 1 spiro atoms. The second-order valence-electron chi connectivity index (χ2n) is 9.32. The Morgan fingerprint density at radius 3 is 2.82 bits per heavy atom. The van der Waals surface area contributed by atoms with Crippen LogP contribution in [0.25, 0.3) is 0 Å². The minimum Gasteiger partial charge on any atom is -0.378 e. The van der Waals surface area contributed by atoms with Gasteiger partial charge in [0.2, 0.25) is 0 Å². The van der Waals surface area contributed by atoms with E-state index in [-0.39, 0.29) is 17.1 Å². The molecule has 3 saturated carbocycles. The Hall–Kier alpha value is -0.410. The van der Waals surface area contributed by atoms with Gasteiger partial charge in [0.25, 0.3) is 0 Å². The smallest absolute Gasteiger partial charge is 0.133 e. The SMILES string of the molecule is C[C@]12CC[C@H]3[C@@H](CC[C@@H]4CCN5CC[C@]43[C@H]5O)[C@@H]1CC(=O)C2. The van der Waals surface area contributed by atoms with Gasteiger partial charge in [0, 0.05) is 31.3 Å². The van der Waals surface area contributed by atoms with Gasteiger partial charge in [-0.25, -0.2) is 0 Å². The Morgan fingerprint density at radius 2 is 1.95 bits per heavy atom. The van der Waals surface area contributed by atoms with Gasteiger partial charge >= 0.3 is 0 Å². The number of carbonyl (C=O) groups excluding carboxylic acids is 1. The molecule has 22 heavy (non-hydrogen) atoms. The Bertz CT molecular complexity index is 520. The first-order valence-electron chi connectivity index (χ1n) is 9.48. The number of nitrogens with zero attached hydrogens (tertiary/aromatic N) is 1. The van der Waals surface area contributed by atoms with Gasteiger partial charge in [-0.05, 0) is 67.6 Å². The molecule has 3 heteroatoms. The largest absolute Gasteiger partial charge is 0.378 e. The van der Waals surface area contributed by atoms with Crippen LogP contribution in [0, 0.1) is 34.5 Å². The Kier molecular flexibility index (Phi) is 2.77. The summed E-state index contributed by atoms with van der Waals surface area (Å²) in [5.41, 5.74) is 0.452. The third-order valence-electron chi connectivity index (χ3n) is 8.73. The maximum Gasteiger partial charge on any atom is 0.133 e. The van der Waals surface area contributed by atoms with Crippen molar-refractivity contribution in [1.82, 2.24) is 4.90 Å². The Morgan fingerprint density at radius 1 is 1.09 bits per heavy atom. The zero-order valence-electron chi connectivity index (χ0n) is 13.8. The minimum atomic E-state index is -0.194. The number of carbonyl (C=O) groups is 1. The first-order chi connectivity index (χ1) is 10.5. The van der Waals surface area contributed by atoms with Crippen molar-refractivity contribution in [2.45, 2.75) is 64.5 Å². The monoisotopic (exact) mass is 303 g/mol. The van der Waals surface area contributed by atoms with Gasteiger partial charge in [0.05, 0.1) is 0 Å². The highest BCUT2D eigenvalue weighted by atomic mass is 16.3. The summed E-state index contributed by atoms with van der Waals surface area (Å²) in [4.78, 5) is 14.5. The van der Waals surface area contributed by atoms with E-state index in [4.69, 9.17) is 0 Å². The molecule has 3 aliphatic carbocycles. The maximum atomic E-state index is 12.1. The molecule has 0 amide bonds. The highest BCUT2D eigenvalue weighted by Crippen LogP contribution is 2.67. The van der Waals surface area contributed by atoms with E-state index in [0.29, 0.717) is 23.5 Å². The summed E-state index contributed by atoms with van der Waals surface area (Å²) in [5.74, 6) is 3.23. The average molecular weight is 303 g/mol. The van der Waals surface area contributed by atoms with Crippen LogP contribution in [-0.2, 0) is 4.79 Å². The quantitative estimate of drug-likeness (QED) is 0.748. The lowest BCUT2D eigenvalue weighted by molar-refractivity contribution is -0.185. The number of fused-ring (bicyclic) bond motifs is 4. The molecule has 1 unspecified atom stereocenters. The van der Waals surface area contributed by atoms with Crippen LogP contribution in [0.4, 0.5) is 0 Å². The van der Waals surface area contributed by atoms with Gasteiger partial charge in [0.15, 0.2) is 0 Å². The van der Waals surface area contributed by atoms with Gasteiger partial charge < -0.3 is 5.11 Å². The second kappa shape index (κ2) is 4.36. The van der Waals surface area contributed by atoms with Gasteiger partial charge in [-0.2, -0.15) is 0 Å². The molecule has 0 radical (unpaired) electrons. The topological polar surface area (TPSA) is 40.5 Å². The fourth-order valence-electron chi connectivity index (χ4n) is 7.79. The number of aliphatic hydroxyl groups is 1. The molecule has 122 valence electrons. The lowest BCUT2D eigenvalue weighted by Crippen LogP contribution is -2.59. The molecule has 8 atom stereocenters. The van der Waals surface area contributed by atoms with Crippen LogP contribution in [0.1, 0.15) is 58.3 Å². The number of ketones is 1. The molecule has 1 N–H and O–H groups in total. The normalized spacial score (nSPS) is 59.8. The molecule has 2 bridgehead atoms. The van der Waals surface area contributed by atoms with E-state index in [1.54, 1.807) is 0 Å². The molecular formula is C19H29NO2. The highest BCUT2D eigenvalue weighted by Gasteiger charge is 2.65. The lowest BCUT2D eigenvalue weighted by Gasteiger charge is -2.60. The third kappa shape index (κ3) is 1.53. The van der Waals surface area contributed by atoms with E-state index in [2.05, 4.69) is 11.8 Å². The standard InChI is InChI=1S/C19H29NO2/c1-18-6-4-15-14(16(18)10-13(21)11-18)3-2-12-5-8-20-9-7-19(12,15)17(20)22/h12,14-17,22H,2-11H2,1H3/t12-,14-,15+,16+,17-,18-,19+/m1/s1. The van der Waals surface area contributed by atoms with E-state index in [1.165, 1.54) is 38.5 Å². The zero-order chi connectivity index (χ0) is 15.1. The van der Waals surface area contributed by atoms with E-state index >= 15 is 0 Å². The molecule has 5 aliphatic rings. The lowest BCUT2D eigenvalue weighted by atomic mass is 9.46. The predicted octanol–water partition coefficient (Wildman–Crippen LogP) is 2.82. The van der Waals surface area contributed by atoms with E-state index < -0.39 is 0 Å². The summed E-state index contributed by atoms with van der Waals surface area (Å²) in [7, 11) is 0. The Balaban J connectivity index is 1.54. The summed E-state index contributed by atoms with van der Waals surface area (Å²) in [6.45, 7) is 4.58. The van der Waals surface area contributed by atoms with Crippen molar-refractivity contribution < 1.29 is 9.90 Å². The zero-order valence-corrected chi connectivity index (χ0v) is 13.8. The van der Waals surface area contributed by atoms with Crippen LogP contribution >= 0.6 is 0 Å². The van der Waals surface area contributed by atoms with Crippen LogP contribution in [0.3, 0.4) is 0 Å². The summed E-state index contributed by atoms with van der Waals surface area (Å²) >= 11 is 0. The summed E-state index contributed by atoms with van der Waals surface area (Å²) in [6, 6.07) is 0. The number of Topliss-reactive ketones (excluding diaryl/α,β-unsaturated/α-hetero) is 1. The molecule has 2 saturated heterocycles. The second-order valence-corrected chi connectivity index (χ2v) is 9.32. The van der Waals surface area contributed by atoms with E-state index in [0.717, 1.165) is 31.8 Å². The molecular weight excluding hydrogens is 274 g/mol. The number of piperidine rings is 1. The van der Waals surface area contributed by atoms with Gasteiger partial charge in [-0.3, -0.25) is 9.69 Å². The maximum absolute atomic E-state index is 12.1. The van der Waals surface area contributed by atoms with Gasteiger partial charge in [0.1, 0.15) is 12.0 Å². The summed E-state index contributed by atoms with van der Waals surface area (Å²) in [5, 5.41) is 11.0. The molecule has 5 fully saturated rings. The molecule has 0 aromatic carbocycles. The molecule has 0 aromatic heterocycles. The fourth-order valence-corrected chi connectivity index (χ4v) is 7.79. The highest BCUT2D eigenvalue weighted by molar-refractivity contribution is 5.82. The van der Waals surface area contributed by atoms with E-state index in [9.17, 15) is 9.90 Å². The fraction of sp³-hybridized carbons (Fsp3) is 0.947. The van der Waals surface area contributed by atoms with Crippen molar-refractivity contribution in [3.8, 4) is 0 Å². The molecule has 2 aliphatic heterocycles. The van der Waals surface area contributed by atoms with Crippen LogP contribution < -0.4 is 0 Å². The van der Waals surface area contributed by atoms with Crippen molar-refractivity contribution in [3.05, 3.63) is 0 Å². The number of hydrogen-bond acceptors (Lipinski definition) is 3. The van der Waals surface area contributed by atoms with Crippen LogP contribution in [-0.4, -0.2) is 35.1 Å². The van der Waals surface area contributed by atoms with Gasteiger partial charge in [-0.15, -0.1) is 0 Å². The number of rotatable bonds is 0. The first-order valence-corrected chi connectivity index (χ1v) is 9.48. The molecule has 2 heterocycles. The third-order valence-corrected chi connectivity index (χ3v) is 8.73. The van der Waals surface area contributed by atoms with Gasteiger partial charge in [-0.1, -0.05) is 6.92 Å². The molecule has 3 nitrogen and oxygen atoms in total. The van der Waals surface area contributed by atoms with Crippen molar-refractivity contribution >= 4 is 5.78 Å². The van der Waals surface area contributed by atoms with Crippen molar-refractivity contribution in [3.63, 3.8) is 0 Å². The summed E-state index contributed by atoms with van der Waals surface area (Å²) < 4.78 is 0. The van der Waals surface area contributed by atoms with Crippen LogP contribution in [0.5, 0.6) is 0 Å². The predicted molar refractivity (Wildman–Crippen MR) is 84.0 cm³/mol. The van der Waals surface area contributed by atoms with Crippen molar-refractivity contribution in [1.29, 1.82) is 0 Å². The first kappa shape index (κ1) is 14.0. The number of aliphatic hydroxyl groups excluding tert-OH is 1. The van der Waals surface area contributed by atoms with Crippen LogP contribution in [0.15, 0.2) is 0 Å². The van der Waals surface area contributed by atoms with Crippen LogP contribution in [0.2, 0.25) is 0 Å². The average Bonchev–Trinajstić information content (AvgIpc) is 2.88. The summed E-state index contributed by atoms with van der Waals surface area (Å²) in [6.07, 6.45) is 9.05. The number of hydrogen-bond donors (Lipinski definition) is 1. The Labute approximate surface area is 133 Å². The van der Waals surface area contributed by atoms with Crippen molar-refractivity contribution in [2.24, 2.45) is 34.5 Å². The van der Waals surface area contributed by atoms with Crippen molar-refractivity contribution in [2.75, 3.05) is 13.1 Å².